The van der Waals surface area contributed by atoms with Crippen LogP contribution in [0.3, 0.4) is 0 Å². The van der Waals surface area contributed by atoms with Crippen molar-refractivity contribution < 1.29 is 14.3 Å². The maximum atomic E-state index is 12.3. The monoisotopic (exact) mass is 330 g/mol. The van der Waals surface area contributed by atoms with Gasteiger partial charge in [0.2, 0.25) is 0 Å². The van der Waals surface area contributed by atoms with Crippen LogP contribution in [-0.2, 0) is 0 Å². The van der Waals surface area contributed by atoms with Gasteiger partial charge in [0, 0.05) is 11.6 Å². The maximum Gasteiger partial charge on any atom is 0.257 e. The lowest BCUT2D eigenvalue weighted by molar-refractivity contribution is 0.102. The van der Waals surface area contributed by atoms with Gasteiger partial charge in [0.05, 0.1) is 14.2 Å². The Morgan fingerprint density at radius 2 is 1.75 bits per heavy atom. The molecule has 0 fully saturated rings. The summed E-state index contributed by atoms with van der Waals surface area (Å²) < 4.78 is 10.4. The van der Waals surface area contributed by atoms with Crippen molar-refractivity contribution in [2.24, 2.45) is 0 Å². The SMILES string of the molecule is CCC(C)Nc1ccc(NC(=O)c2ccc(OC)c(OC)c2)nn1. The minimum Gasteiger partial charge on any atom is -0.493 e. The number of anilines is 2. The van der Waals surface area contributed by atoms with Gasteiger partial charge in [-0.3, -0.25) is 4.79 Å². The lowest BCUT2D eigenvalue weighted by atomic mass is 10.2. The van der Waals surface area contributed by atoms with Gasteiger partial charge in [-0.1, -0.05) is 6.92 Å². The lowest BCUT2D eigenvalue weighted by Crippen LogP contribution is -2.16. The maximum absolute atomic E-state index is 12.3. The van der Waals surface area contributed by atoms with E-state index in [1.54, 1.807) is 37.4 Å². The second-order valence-corrected chi connectivity index (χ2v) is 5.28. The van der Waals surface area contributed by atoms with Gasteiger partial charge in [0.1, 0.15) is 5.82 Å². The Bertz CT molecular complexity index is 689. The van der Waals surface area contributed by atoms with E-state index < -0.39 is 0 Å². The molecule has 2 rings (SSSR count). The summed E-state index contributed by atoms with van der Waals surface area (Å²) in [5.74, 6) is 1.81. The highest BCUT2D eigenvalue weighted by Gasteiger charge is 2.12. The molecule has 1 amide bonds. The number of methoxy groups -OCH3 is 2. The first-order valence-electron chi connectivity index (χ1n) is 7.71. The molecule has 0 spiro atoms. The van der Waals surface area contributed by atoms with Crippen LogP contribution < -0.4 is 20.1 Å². The topological polar surface area (TPSA) is 85.4 Å². The second kappa shape index (κ2) is 8.14. The number of nitrogens with zero attached hydrogens (tertiary/aromatic N) is 2. The number of rotatable bonds is 7. The van der Waals surface area contributed by atoms with Crippen molar-refractivity contribution in [2.45, 2.75) is 26.3 Å². The third-order valence-corrected chi connectivity index (χ3v) is 3.56. The van der Waals surface area contributed by atoms with E-state index in [2.05, 4.69) is 34.7 Å². The average Bonchev–Trinajstić information content (AvgIpc) is 2.62. The first kappa shape index (κ1) is 17.5. The van der Waals surface area contributed by atoms with E-state index in [0.717, 1.165) is 6.42 Å². The van der Waals surface area contributed by atoms with Crippen molar-refractivity contribution in [3.05, 3.63) is 35.9 Å². The average molecular weight is 330 g/mol. The van der Waals surface area contributed by atoms with E-state index in [9.17, 15) is 4.79 Å². The van der Waals surface area contributed by atoms with Crippen molar-refractivity contribution >= 4 is 17.5 Å². The standard InChI is InChI=1S/C17H22N4O3/c1-5-11(2)18-15-8-9-16(21-20-15)19-17(22)12-6-7-13(23-3)14(10-12)24-4/h6-11H,5H2,1-4H3,(H,18,20)(H,19,21,22). The first-order valence-corrected chi connectivity index (χ1v) is 7.71. The van der Waals surface area contributed by atoms with Crippen molar-refractivity contribution in [2.75, 3.05) is 24.9 Å². The molecule has 24 heavy (non-hydrogen) atoms. The molecule has 1 atom stereocenters. The Morgan fingerprint density at radius 3 is 2.33 bits per heavy atom. The van der Waals surface area contributed by atoms with E-state index in [4.69, 9.17) is 9.47 Å². The van der Waals surface area contributed by atoms with Gasteiger partial charge in [0.15, 0.2) is 17.3 Å². The summed E-state index contributed by atoms with van der Waals surface area (Å²) in [6.45, 7) is 4.15. The van der Waals surface area contributed by atoms with E-state index in [1.165, 1.54) is 7.11 Å². The third kappa shape index (κ3) is 4.34. The number of carbonyl (C=O) groups excluding carboxylic acids is 1. The predicted molar refractivity (Wildman–Crippen MR) is 92.9 cm³/mol. The summed E-state index contributed by atoms with van der Waals surface area (Å²) in [7, 11) is 3.07. The van der Waals surface area contributed by atoms with Gasteiger partial charge in [-0.2, -0.15) is 0 Å². The molecular weight excluding hydrogens is 308 g/mol. The van der Waals surface area contributed by atoms with Gasteiger partial charge >= 0.3 is 0 Å². The normalized spacial score (nSPS) is 11.5. The number of ether oxygens (including phenoxy) is 2. The summed E-state index contributed by atoms with van der Waals surface area (Å²) in [5.41, 5.74) is 0.441. The van der Waals surface area contributed by atoms with Crippen molar-refractivity contribution in [3.63, 3.8) is 0 Å². The quantitative estimate of drug-likeness (QED) is 0.812. The molecule has 7 nitrogen and oxygen atoms in total. The molecule has 0 aliphatic carbocycles. The minimum absolute atomic E-state index is 0.298. The molecular formula is C17H22N4O3. The zero-order valence-electron chi connectivity index (χ0n) is 14.3. The molecule has 0 aliphatic rings. The van der Waals surface area contributed by atoms with Crippen LogP contribution in [0.5, 0.6) is 11.5 Å². The van der Waals surface area contributed by atoms with Crippen LogP contribution in [0.15, 0.2) is 30.3 Å². The molecule has 128 valence electrons. The predicted octanol–water partition coefficient (Wildman–Crippen LogP) is 2.96. The largest absolute Gasteiger partial charge is 0.493 e. The Balaban J connectivity index is 2.06. The Labute approximate surface area is 141 Å². The Hall–Kier alpha value is -2.83. The Morgan fingerprint density at radius 1 is 1.08 bits per heavy atom. The molecule has 1 unspecified atom stereocenters. The van der Waals surface area contributed by atoms with Gasteiger partial charge < -0.3 is 20.1 Å². The number of hydrogen-bond donors (Lipinski definition) is 2. The number of amides is 1. The number of benzene rings is 1. The van der Waals surface area contributed by atoms with E-state index >= 15 is 0 Å². The van der Waals surface area contributed by atoms with Crippen molar-refractivity contribution in [3.8, 4) is 11.5 Å². The van der Waals surface area contributed by atoms with Crippen LogP contribution in [0.4, 0.5) is 11.6 Å². The highest BCUT2D eigenvalue weighted by atomic mass is 16.5. The van der Waals surface area contributed by atoms with Crippen LogP contribution >= 0.6 is 0 Å². The van der Waals surface area contributed by atoms with E-state index in [0.29, 0.717) is 34.7 Å². The first-order chi connectivity index (χ1) is 11.6. The molecule has 7 heteroatoms. The van der Waals surface area contributed by atoms with Crippen LogP contribution in [0.1, 0.15) is 30.6 Å². The van der Waals surface area contributed by atoms with Crippen LogP contribution in [-0.4, -0.2) is 36.4 Å². The molecule has 0 bridgehead atoms. The fraction of sp³-hybridized carbons (Fsp3) is 0.353. The number of carbonyl (C=O) groups is 1. The number of hydrogen-bond acceptors (Lipinski definition) is 6. The smallest absolute Gasteiger partial charge is 0.257 e. The highest BCUT2D eigenvalue weighted by molar-refractivity contribution is 6.04. The van der Waals surface area contributed by atoms with Crippen molar-refractivity contribution in [1.29, 1.82) is 0 Å². The molecule has 1 aromatic carbocycles. The van der Waals surface area contributed by atoms with Crippen LogP contribution in [0, 0.1) is 0 Å². The fourth-order valence-electron chi connectivity index (χ4n) is 2.00. The van der Waals surface area contributed by atoms with E-state index in [-0.39, 0.29) is 5.91 Å². The highest BCUT2D eigenvalue weighted by Crippen LogP contribution is 2.27. The fourth-order valence-corrected chi connectivity index (χ4v) is 2.00. The zero-order chi connectivity index (χ0) is 17.5. The van der Waals surface area contributed by atoms with E-state index in [1.807, 2.05) is 0 Å². The molecule has 2 aromatic rings. The molecule has 0 saturated heterocycles. The number of aromatic nitrogens is 2. The van der Waals surface area contributed by atoms with Gasteiger partial charge in [-0.15, -0.1) is 10.2 Å². The third-order valence-electron chi connectivity index (χ3n) is 3.56. The Kier molecular flexibility index (Phi) is 5.95. The molecule has 2 N–H and O–H groups in total. The summed E-state index contributed by atoms with van der Waals surface area (Å²) in [6.07, 6.45) is 0.986. The zero-order valence-corrected chi connectivity index (χ0v) is 14.3. The minimum atomic E-state index is -0.298. The molecule has 1 aromatic heterocycles. The van der Waals surface area contributed by atoms with Gasteiger partial charge in [-0.05, 0) is 43.7 Å². The molecule has 1 heterocycles. The summed E-state index contributed by atoms with van der Waals surface area (Å²) in [6, 6.07) is 8.74. The molecule has 0 radical (unpaired) electrons. The molecule has 0 saturated carbocycles. The summed E-state index contributed by atoms with van der Waals surface area (Å²) in [4.78, 5) is 12.3. The van der Waals surface area contributed by atoms with Crippen molar-refractivity contribution in [1.82, 2.24) is 10.2 Å². The van der Waals surface area contributed by atoms with Gasteiger partial charge in [0.25, 0.3) is 5.91 Å². The van der Waals surface area contributed by atoms with Crippen LogP contribution in [0.2, 0.25) is 0 Å². The summed E-state index contributed by atoms with van der Waals surface area (Å²) >= 11 is 0. The lowest BCUT2D eigenvalue weighted by Gasteiger charge is -2.12. The summed E-state index contributed by atoms with van der Waals surface area (Å²) in [5, 5.41) is 14.0. The number of nitrogens with one attached hydrogen (secondary N) is 2. The van der Waals surface area contributed by atoms with Crippen LogP contribution in [0.25, 0.3) is 0 Å². The van der Waals surface area contributed by atoms with Gasteiger partial charge in [-0.25, -0.2) is 0 Å². The second-order valence-electron chi connectivity index (χ2n) is 5.28. The molecule has 0 aliphatic heterocycles.